The van der Waals surface area contributed by atoms with Gasteiger partial charge in [-0.2, -0.15) is 0 Å². The summed E-state index contributed by atoms with van der Waals surface area (Å²) >= 11 is 0. The Labute approximate surface area is 157 Å². The average Bonchev–Trinajstić information content (AvgIpc) is 3.07. The Morgan fingerprint density at radius 2 is 1.78 bits per heavy atom. The molecule has 3 aromatic carbocycles. The molecular formula is C23H19NO3. The van der Waals surface area contributed by atoms with Crippen molar-refractivity contribution in [1.82, 2.24) is 0 Å². The first-order valence-corrected chi connectivity index (χ1v) is 8.98. The van der Waals surface area contributed by atoms with Crippen molar-refractivity contribution in [3.8, 4) is 5.75 Å². The molecule has 134 valence electrons. The van der Waals surface area contributed by atoms with Crippen LogP contribution >= 0.6 is 0 Å². The second kappa shape index (κ2) is 7.46. The average molecular weight is 357 g/mol. The molecule has 0 spiro atoms. The van der Waals surface area contributed by atoms with Crippen molar-refractivity contribution < 1.29 is 14.3 Å². The third-order valence-corrected chi connectivity index (χ3v) is 4.30. The molecule has 3 aromatic rings. The number of cyclic esters (lactones) is 1. The molecule has 4 rings (SSSR count). The molecule has 0 aromatic heterocycles. The number of rotatable bonds is 5. The van der Waals surface area contributed by atoms with Crippen molar-refractivity contribution in [2.24, 2.45) is 4.99 Å². The van der Waals surface area contributed by atoms with Crippen molar-refractivity contribution in [3.05, 3.63) is 83.6 Å². The highest BCUT2D eigenvalue weighted by molar-refractivity contribution is 6.17. The molecule has 1 heterocycles. The molecule has 0 atom stereocenters. The van der Waals surface area contributed by atoms with E-state index >= 15 is 0 Å². The highest BCUT2D eigenvalue weighted by atomic mass is 16.6. The normalized spacial score (nSPS) is 15.1. The fourth-order valence-electron chi connectivity index (χ4n) is 2.97. The molecule has 0 bridgehead atoms. The molecule has 4 nitrogen and oxygen atoms in total. The van der Waals surface area contributed by atoms with Gasteiger partial charge in [0.25, 0.3) is 0 Å². The molecule has 0 amide bonds. The van der Waals surface area contributed by atoms with Gasteiger partial charge < -0.3 is 9.47 Å². The number of fused-ring (bicyclic) bond motifs is 1. The van der Waals surface area contributed by atoms with Crippen LogP contribution in [0.15, 0.2) is 77.4 Å². The Bertz CT molecular complexity index is 1040. The Balaban J connectivity index is 1.63. The fraction of sp³-hybridized carbons (Fsp3) is 0.130. The van der Waals surface area contributed by atoms with Crippen molar-refractivity contribution >= 4 is 28.7 Å². The number of aliphatic imine (C=N–C) groups is 1. The minimum Gasteiger partial charge on any atom is -0.494 e. The topological polar surface area (TPSA) is 47.9 Å². The summed E-state index contributed by atoms with van der Waals surface area (Å²) in [6.45, 7) is 2.75. The molecule has 4 heteroatoms. The van der Waals surface area contributed by atoms with Gasteiger partial charge in [-0.25, -0.2) is 9.79 Å². The number of carbonyl (C=O) groups is 1. The summed E-state index contributed by atoms with van der Waals surface area (Å²) < 4.78 is 11.0. The molecule has 27 heavy (non-hydrogen) atoms. The van der Waals surface area contributed by atoms with Gasteiger partial charge in [-0.1, -0.05) is 55.5 Å². The van der Waals surface area contributed by atoms with E-state index in [4.69, 9.17) is 9.47 Å². The smallest absolute Gasteiger partial charge is 0.363 e. The summed E-state index contributed by atoms with van der Waals surface area (Å²) in [6.07, 6.45) is 2.69. The zero-order chi connectivity index (χ0) is 18.6. The van der Waals surface area contributed by atoms with Crippen molar-refractivity contribution in [2.45, 2.75) is 13.3 Å². The summed E-state index contributed by atoms with van der Waals surface area (Å²) in [6, 6.07) is 21.4. The quantitative estimate of drug-likeness (QED) is 0.478. The molecule has 0 radical (unpaired) electrons. The molecular weight excluding hydrogens is 338 g/mol. The van der Waals surface area contributed by atoms with Crippen LogP contribution in [0.25, 0.3) is 16.8 Å². The molecule has 0 fully saturated rings. The second-order valence-corrected chi connectivity index (χ2v) is 6.28. The van der Waals surface area contributed by atoms with E-state index in [1.54, 1.807) is 6.08 Å². The summed E-state index contributed by atoms with van der Waals surface area (Å²) in [7, 11) is 0. The lowest BCUT2D eigenvalue weighted by Crippen LogP contribution is -2.05. The van der Waals surface area contributed by atoms with Crippen LogP contribution in [-0.4, -0.2) is 18.5 Å². The van der Waals surface area contributed by atoms with Gasteiger partial charge in [-0.05, 0) is 47.0 Å². The minimum absolute atomic E-state index is 0.292. The minimum atomic E-state index is -0.441. The van der Waals surface area contributed by atoms with Crippen LogP contribution in [0, 0.1) is 0 Å². The zero-order valence-electron chi connectivity index (χ0n) is 15.0. The summed E-state index contributed by atoms with van der Waals surface area (Å²) in [5, 5.41) is 2.08. The zero-order valence-corrected chi connectivity index (χ0v) is 15.0. The van der Waals surface area contributed by atoms with Gasteiger partial charge in [0.05, 0.1) is 6.61 Å². The Kier molecular flexibility index (Phi) is 4.71. The molecule has 0 aliphatic carbocycles. The standard InChI is InChI=1S/C23H19NO3/c1-2-14-26-18-12-10-16(11-13-18)15-21-23(25)27-22(24-21)20-9-5-7-17-6-3-4-8-19(17)20/h3-13,15H,2,14H2,1H3/b21-15+. The van der Waals surface area contributed by atoms with E-state index in [2.05, 4.69) is 11.9 Å². The number of benzene rings is 3. The van der Waals surface area contributed by atoms with Gasteiger partial charge in [0, 0.05) is 5.56 Å². The van der Waals surface area contributed by atoms with E-state index in [9.17, 15) is 4.79 Å². The van der Waals surface area contributed by atoms with Crippen molar-refractivity contribution in [2.75, 3.05) is 6.61 Å². The highest BCUT2D eigenvalue weighted by Crippen LogP contribution is 2.25. The number of ether oxygens (including phenoxy) is 2. The number of esters is 1. The van der Waals surface area contributed by atoms with E-state index in [0.29, 0.717) is 18.2 Å². The van der Waals surface area contributed by atoms with Crippen LogP contribution in [0.2, 0.25) is 0 Å². The number of carbonyl (C=O) groups excluding carboxylic acids is 1. The lowest BCUT2D eigenvalue weighted by atomic mass is 10.0. The van der Waals surface area contributed by atoms with Gasteiger partial charge in [-0.15, -0.1) is 0 Å². The van der Waals surface area contributed by atoms with Crippen LogP contribution in [0.1, 0.15) is 24.5 Å². The first-order valence-electron chi connectivity index (χ1n) is 8.98. The van der Waals surface area contributed by atoms with Gasteiger partial charge in [0.1, 0.15) is 5.75 Å². The maximum absolute atomic E-state index is 12.3. The first-order chi connectivity index (χ1) is 13.2. The lowest BCUT2D eigenvalue weighted by molar-refractivity contribution is -0.129. The largest absolute Gasteiger partial charge is 0.494 e. The molecule has 1 aliphatic rings. The molecule has 0 saturated carbocycles. The Morgan fingerprint density at radius 3 is 2.59 bits per heavy atom. The molecule has 0 unspecified atom stereocenters. The predicted molar refractivity (Wildman–Crippen MR) is 107 cm³/mol. The predicted octanol–water partition coefficient (Wildman–Crippen LogP) is 4.97. The number of hydrogen-bond acceptors (Lipinski definition) is 4. The van der Waals surface area contributed by atoms with Gasteiger partial charge in [-0.3, -0.25) is 0 Å². The summed E-state index contributed by atoms with van der Waals surface area (Å²) in [4.78, 5) is 16.7. The van der Waals surface area contributed by atoms with Gasteiger partial charge in [0.15, 0.2) is 5.70 Å². The Hall–Kier alpha value is -3.40. The molecule has 0 N–H and O–H groups in total. The van der Waals surface area contributed by atoms with Crippen LogP contribution < -0.4 is 4.74 Å². The first kappa shape index (κ1) is 17.0. The van der Waals surface area contributed by atoms with E-state index in [1.165, 1.54) is 0 Å². The molecule has 1 aliphatic heterocycles. The molecule has 0 saturated heterocycles. The van der Waals surface area contributed by atoms with Crippen LogP contribution in [0.5, 0.6) is 5.75 Å². The fourth-order valence-corrected chi connectivity index (χ4v) is 2.97. The monoisotopic (exact) mass is 357 g/mol. The Morgan fingerprint density at radius 1 is 1.00 bits per heavy atom. The number of nitrogens with zero attached hydrogens (tertiary/aromatic N) is 1. The van der Waals surface area contributed by atoms with E-state index in [0.717, 1.165) is 34.1 Å². The van der Waals surface area contributed by atoms with Gasteiger partial charge in [0.2, 0.25) is 5.90 Å². The SMILES string of the molecule is CCCOc1ccc(/C=C2/N=C(c3cccc4ccccc34)OC2=O)cc1. The summed E-state index contributed by atoms with van der Waals surface area (Å²) in [5.41, 5.74) is 1.97. The van der Waals surface area contributed by atoms with E-state index in [1.807, 2.05) is 66.7 Å². The number of hydrogen-bond donors (Lipinski definition) is 0. The third kappa shape index (κ3) is 3.60. The second-order valence-electron chi connectivity index (χ2n) is 6.28. The van der Waals surface area contributed by atoms with Crippen molar-refractivity contribution in [1.29, 1.82) is 0 Å². The maximum atomic E-state index is 12.3. The van der Waals surface area contributed by atoms with Crippen molar-refractivity contribution in [3.63, 3.8) is 0 Å². The van der Waals surface area contributed by atoms with Crippen LogP contribution in [0.4, 0.5) is 0 Å². The summed E-state index contributed by atoms with van der Waals surface area (Å²) in [5.74, 6) is 0.711. The third-order valence-electron chi connectivity index (χ3n) is 4.30. The van der Waals surface area contributed by atoms with Gasteiger partial charge >= 0.3 is 5.97 Å². The van der Waals surface area contributed by atoms with E-state index in [-0.39, 0.29) is 0 Å². The maximum Gasteiger partial charge on any atom is 0.363 e. The lowest BCUT2D eigenvalue weighted by Gasteiger charge is -2.04. The highest BCUT2D eigenvalue weighted by Gasteiger charge is 2.25. The van der Waals surface area contributed by atoms with Crippen LogP contribution in [0.3, 0.4) is 0 Å². The van der Waals surface area contributed by atoms with Crippen LogP contribution in [-0.2, 0) is 9.53 Å². The van der Waals surface area contributed by atoms with E-state index < -0.39 is 5.97 Å².